The molecule has 1 aromatic rings. The molecule has 0 atom stereocenters. The summed E-state index contributed by atoms with van der Waals surface area (Å²) in [5, 5.41) is 18.8. The minimum Gasteiger partial charge on any atom is -0.415 e. The third-order valence-electron chi connectivity index (χ3n) is 3.56. The molecule has 0 aliphatic rings. The molecule has 0 bridgehead atoms. The number of aliphatic hydroxyl groups excluding tert-OH is 2. The molecule has 0 aliphatic heterocycles. The summed E-state index contributed by atoms with van der Waals surface area (Å²) in [5.41, 5.74) is 2.55. The molecule has 4 nitrogen and oxygen atoms in total. The zero-order valence-electron chi connectivity index (χ0n) is 13.1. The first kappa shape index (κ1) is 17.3. The molecule has 0 spiro atoms. The lowest BCUT2D eigenvalue weighted by Crippen LogP contribution is -2.46. The lowest BCUT2D eigenvalue weighted by atomic mass is 10.1. The number of aryl methyl sites for hydroxylation is 1. The van der Waals surface area contributed by atoms with E-state index in [0.29, 0.717) is 0 Å². The van der Waals surface area contributed by atoms with Gasteiger partial charge in [0.25, 0.3) is 0 Å². The van der Waals surface area contributed by atoms with Crippen molar-refractivity contribution in [2.75, 3.05) is 40.7 Å². The Morgan fingerprint density at radius 2 is 1.50 bits per heavy atom. The van der Waals surface area contributed by atoms with Gasteiger partial charge in [-0.1, -0.05) is 24.3 Å². The number of rotatable bonds is 8. The second-order valence-electron chi connectivity index (χ2n) is 6.47. The van der Waals surface area contributed by atoms with Gasteiger partial charge in [0.1, 0.15) is 6.54 Å². The van der Waals surface area contributed by atoms with Gasteiger partial charge in [-0.05, 0) is 18.0 Å². The molecule has 0 radical (unpaired) electrons. The van der Waals surface area contributed by atoms with Gasteiger partial charge in [-0.2, -0.15) is 0 Å². The zero-order valence-corrected chi connectivity index (χ0v) is 14.1. The Hall–Kier alpha value is -0.723. The van der Waals surface area contributed by atoms with Crippen LogP contribution in [0.1, 0.15) is 11.1 Å². The third-order valence-corrected chi connectivity index (χ3v) is 6.74. The third kappa shape index (κ3) is 5.34. The Balaban J connectivity index is 2.62. The van der Waals surface area contributed by atoms with E-state index in [1.54, 1.807) is 7.11 Å². The summed E-state index contributed by atoms with van der Waals surface area (Å²) in [6.07, 6.45) is 0.783. The summed E-state index contributed by atoms with van der Waals surface area (Å²) in [5.74, 6) is 0. The highest BCUT2D eigenvalue weighted by atomic mass is 28.4. The second kappa shape index (κ2) is 7.33. The molecule has 0 saturated carbocycles. The lowest BCUT2D eigenvalue weighted by Gasteiger charge is -2.25. The van der Waals surface area contributed by atoms with Gasteiger partial charge in [0.2, 0.25) is 8.32 Å². The molecule has 1 aromatic carbocycles. The van der Waals surface area contributed by atoms with Gasteiger partial charge in [-0.3, -0.25) is 0 Å². The predicted molar refractivity (Wildman–Crippen MR) is 83.6 cm³/mol. The minimum atomic E-state index is -2.34. The van der Waals surface area contributed by atoms with Crippen LogP contribution in [0.15, 0.2) is 24.3 Å². The molecule has 0 heterocycles. The molecule has 0 aromatic heterocycles. The van der Waals surface area contributed by atoms with Crippen LogP contribution in [0.2, 0.25) is 6.04 Å². The number of aliphatic hydroxyl groups is 2. The quantitative estimate of drug-likeness (QED) is 0.558. The van der Waals surface area contributed by atoms with Crippen molar-refractivity contribution in [3.8, 4) is 0 Å². The van der Waals surface area contributed by atoms with Crippen LogP contribution in [0.4, 0.5) is 0 Å². The lowest BCUT2D eigenvalue weighted by molar-refractivity contribution is -0.884. The molecule has 1 rings (SSSR count). The Morgan fingerprint density at radius 1 is 1.00 bits per heavy atom. The van der Waals surface area contributed by atoms with Gasteiger partial charge >= 0.3 is 0 Å². The van der Waals surface area contributed by atoms with Crippen LogP contribution in [0, 0.1) is 0 Å². The first-order valence-electron chi connectivity index (χ1n) is 6.99. The van der Waals surface area contributed by atoms with E-state index in [-0.39, 0.29) is 12.5 Å². The van der Waals surface area contributed by atoms with E-state index in [1.165, 1.54) is 11.1 Å². The van der Waals surface area contributed by atoms with Gasteiger partial charge in [-0.15, -0.1) is 0 Å². The highest BCUT2D eigenvalue weighted by Gasteiger charge is 2.32. The van der Waals surface area contributed by atoms with Crippen molar-refractivity contribution in [2.24, 2.45) is 0 Å². The van der Waals surface area contributed by atoms with Crippen LogP contribution in [0.3, 0.4) is 0 Å². The fourth-order valence-corrected chi connectivity index (χ4v) is 3.79. The van der Waals surface area contributed by atoms with Crippen molar-refractivity contribution >= 4 is 8.32 Å². The van der Waals surface area contributed by atoms with E-state index in [0.717, 1.165) is 23.5 Å². The van der Waals surface area contributed by atoms with Crippen LogP contribution in [-0.2, 0) is 17.4 Å². The first-order chi connectivity index (χ1) is 9.34. The van der Waals surface area contributed by atoms with Crippen LogP contribution < -0.4 is 0 Å². The van der Waals surface area contributed by atoms with Crippen molar-refractivity contribution in [1.29, 1.82) is 0 Å². The largest absolute Gasteiger partial charge is 0.415 e. The first-order valence-corrected chi connectivity index (χ1v) is 9.52. The summed E-state index contributed by atoms with van der Waals surface area (Å²) >= 11 is 0. The molecule has 0 amide bonds. The van der Waals surface area contributed by atoms with Crippen LogP contribution in [-0.4, -0.2) is 63.7 Å². The van der Waals surface area contributed by atoms with Gasteiger partial charge in [-0.25, -0.2) is 0 Å². The summed E-state index contributed by atoms with van der Waals surface area (Å²) < 4.78 is 6.29. The van der Waals surface area contributed by atoms with Gasteiger partial charge in [0.15, 0.2) is 0 Å². The summed E-state index contributed by atoms with van der Waals surface area (Å²) in [4.78, 5) is 0. The Kier molecular flexibility index (Phi) is 6.35. The summed E-state index contributed by atoms with van der Waals surface area (Å²) in [7, 11) is 5.77. The number of hydrogen-bond donors (Lipinski definition) is 2. The van der Waals surface area contributed by atoms with E-state index in [9.17, 15) is 10.2 Å². The minimum absolute atomic E-state index is 0.0282. The second-order valence-corrected chi connectivity index (χ2v) is 10.4. The molecule has 0 fully saturated rings. The molecule has 20 heavy (non-hydrogen) atoms. The van der Waals surface area contributed by atoms with Crippen molar-refractivity contribution in [2.45, 2.75) is 19.0 Å². The Bertz CT molecular complexity index is 388. The highest BCUT2D eigenvalue weighted by Crippen LogP contribution is 2.16. The normalized spacial score (nSPS) is 12.7. The Labute approximate surface area is 123 Å². The van der Waals surface area contributed by atoms with Crippen LogP contribution in [0.25, 0.3) is 0 Å². The van der Waals surface area contributed by atoms with Crippen LogP contribution >= 0.6 is 0 Å². The standard InChI is InChI=1S/C15H28NO3Si/c1-16(2,3)11-15-7-5-14(6-8-15)9-10-20(12-17,13-18)19-4/h5-8,17-18H,9-13H2,1-4H3/q+1. The van der Waals surface area contributed by atoms with E-state index in [2.05, 4.69) is 45.4 Å². The molecule has 5 heteroatoms. The van der Waals surface area contributed by atoms with Crippen molar-refractivity contribution in [3.63, 3.8) is 0 Å². The average Bonchev–Trinajstić information content (AvgIpc) is 2.41. The maximum absolute atomic E-state index is 9.40. The zero-order chi connectivity index (χ0) is 15.2. The Morgan fingerprint density at radius 3 is 1.90 bits per heavy atom. The van der Waals surface area contributed by atoms with Crippen molar-refractivity contribution < 1.29 is 19.1 Å². The number of hydrogen-bond acceptors (Lipinski definition) is 3. The van der Waals surface area contributed by atoms with E-state index >= 15 is 0 Å². The van der Waals surface area contributed by atoms with Crippen LogP contribution in [0.5, 0.6) is 0 Å². The van der Waals surface area contributed by atoms with Gasteiger partial charge in [0, 0.05) is 12.7 Å². The average molecular weight is 298 g/mol. The summed E-state index contributed by atoms with van der Waals surface area (Å²) in [6, 6.07) is 9.33. The molecular weight excluding hydrogens is 270 g/mol. The van der Waals surface area contributed by atoms with Gasteiger partial charge < -0.3 is 19.1 Å². The maximum Gasteiger partial charge on any atom is 0.242 e. The molecule has 0 aliphatic carbocycles. The fourth-order valence-electron chi connectivity index (χ4n) is 2.17. The molecular formula is C15H28NO3Si+. The summed E-state index contributed by atoms with van der Waals surface area (Å²) in [6.45, 7) is 1.00. The molecule has 0 saturated heterocycles. The topological polar surface area (TPSA) is 49.7 Å². The predicted octanol–water partition coefficient (Wildman–Crippen LogP) is 1.09. The van der Waals surface area contributed by atoms with Crippen molar-refractivity contribution in [1.82, 2.24) is 0 Å². The number of quaternary nitrogens is 1. The highest BCUT2D eigenvalue weighted by molar-refractivity contribution is 6.73. The number of benzene rings is 1. The smallest absolute Gasteiger partial charge is 0.242 e. The van der Waals surface area contributed by atoms with E-state index < -0.39 is 8.32 Å². The molecule has 2 N–H and O–H groups in total. The fraction of sp³-hybridized carbons (Fsp3) is 0.600. The SMILES string of the molecule is CO[Si](CO)(CO)CCc1ccc(C[N+](C)(C)C)cc1. The van der Waals surface area contributed by atoms with Crippen molar-refractivity contribution in [3.05, 3.63) is 35.4 Å². The molecule has 114 valence electrons. The van der Waals surface area contributed by atoms with Gasteiger partial charge in [0.05, 0.1) is 33.6 Å². The van der Waals surface area contributed by atoms with E-state index in [1.807, 2.05) is 0 Å². The maximum atomic E-state index is 9.40. The molecule has 0 unspecified atom stereocenters. The van der Waals surface area contributed by atoms with E-state index in [4.69, 9.17) is 4.43 Å². The monoisotopic (exact) mass is 298 g/mol. The number of nitrogens with zero attached hydrogens (tertiary/aromatic N) is 1.